The maximum atomic E-state index is 11.7. The normalized spacial score (nSPS) is 11.4. The Bertz CT molecular complexity index is 729. The van der Waals surface area contributed by atoms with Gasteiger partial charge < -0.3 is 9.47 Å². The SMILES string of the molecule is CC(Cc1ccc(COC(=O)OCc2ccc(CN=O)cc2)cc1)N=O. The first-order valence-corrected chi connectivity index (χ1v) is 8.17. The summed E-state index contributed by atoms with van der Waals surface area (Å²) in [6.45, 7) is 2.06. The van der Waals surface area contributed by atoms with E-state index in [2.05, 4.69) is 10.4 Å². The van der Waals surface area contributed by atoms with Crippen LogP contribution in [0, 0.1) is 9.81 Å². The van der Waals surface area contributed by atoms with Crippen molar-refractivity contribution < 1.29 is 14.3 Å². The predicted octanol–water partition coefficient (Wildman–Crippen LogP) is 4.50. The molecule has 7 heteroatoms. The molecule has 26 heavy (non-hydrogen) atoms. The molecule has 136 valence electrons. The highest BCUT2D eigenvalue weighted by atomic mass is 16.7. The second-order valence-electron chi connectivity index (χ2n) is 5.91. The Morgan fingerprint density at radius 3 is 1.77 bits per heavy atom. The van der Waals surface area contributed by atoms with Crippen molar-refractivity contribution in [2.45, 2.75) is 39.1 Å². The van der Waals surface area contributed by atoms with Crippen LogP contribution in [0.3, 0.4) is 0 Å². The average molecular weight is 356 g/mol. The summed E-state index contributed by atoms with van der Waals surface area (Å²) in [5, 5.41) is 5.78. The molecular formula is C19H20N2O5. The topological polar surface area (TPSA) is 94.4 Å². The summed E-state index contributed by atoms with van der Waals surface area (Å²) < 4.78 is 10.1. The molecule has 0 bridgehead atoms. The average Bonchev–Trinajstić information content (AvgIpc) is 2.67. The monoisotopic (exact) mass is 356 g/mol. The number of hydrogen-bond donors (Lipinski definition) is 0. The van der Waals surface area contributed by atoms with Crippen LogP contribution in [0.15, 0.2) is 58.9 Å². The van der Waals surface area contributed by atoms with Crippen LogP contribution in [0.4, 0.5) is 4.79 Å². The standard InChI is InChI=1S/C19H20N2O5/c1-14(21-24)10-15-2-6-17(7-3-15)12-25-19(22)26-13-18-8-4-16(5-9-18)11-20-23/h2-9,14H,10-13H2,1H3. The van der Waals surface area contributed by atoms with Crippen molar-refractivity contribution >= 4 is 6.16 Å². The fourth-order valence-electron chi connectivity index (χ4n) is 2.29. The summed E-state index contributed by atoms with van der Waals surface area (Å²) in [4.78, 5) is 32.3. The number of ether oxygens (including phenoxy) is 2. The zero-order valence-electron chi connectivity index (χ0n) is 14.5. The lowest BCUT2D eigenvalue weighted by molar-refractivity contribution is 0.0446. The summed E-state index contributed by atoms with van der Waals surface area (Å²) >= 11 is 0. The molecule has 7 nitrogen and oxygen atoms in total. The summed E-state index contributed by atoms with van der Waals surface area (Å²) in [5.41, 5.74) is 3.41. The van der Waals surface area contributed by atoms with E-state index in [-0.39, 0.29) is 25.8 Å². The molecule has 0 fully saturated rings. The summed E-state index contributed by atoms with van der Waals surface area (Å²) in [6.07, 6.45) is -0.180. The Morgan fingerprint density at radius 1 is 0.846 bits per heavy atom. The molecule has 0 amide bonds. The number of carbonyl (C=O) groups excluding carboxylic acids is 1. The molecule has 0 heterocycles. The highest BCUT2D eigenvalue weighted by molar-refractivity contribution is 5.60. The minimum absolute atomic E-state index is 0.0865. The van der Waals surface area contributed by atoms with E-state index >= 15 is 0 Å². The predicted molar refractivity (Wildman–Crippen MR) is 96.3 cm³/mol. The van der Waals surface area contributed by atoms with Crippen molar-refractivity contribution in [2.75, 3.05) is 0 Å². The third kappa shape index (κ3) is 6.43. The minimum Gasteiger partial charge on any atom is -0.429 e. The van der Waals surface area contributed by atoms with E-state index in [0.717, 1.165) is 22.3 Å². The van der Waals surface area contributed by atoms with Crippen molar-refractivity contribution in [3.63, 3.8) is 0 Å². The lowest BCUT2D eigenvalue weighted by Crippen LogP contribution is -2.07. The lowest BCUT2D eigenvalue weighted by Gasteiger charge is -2.08. The first-order valence-electron chi connectivity index (χ1n) is 8.17. The number of nitrogens with zero attached hydrogens (tertiary/aromatic N) is 2. The molecule has 0 spiro atoms. The van der Waals surface area contributed by atoms with Gasteiger partial charge in [-0.25, -0.2) is 4.79 Å². The van der Waals surface area contributed by atoms with Gasteiger partial charge in [0.25, 0.3) is 0 Å². The lowest BCUT2D eigenvalue weighted by atomic mass is 10.1. The number of hydrogen-bond acceptors (Lipinski definition) is 7. The molecule has 0 saturated heterocycles. The molecule has 1 atom stereocenters. The van der Waals surface area contributed by atoms with Crippen LogP contribution in [-0.4, -0.2) is 12.2 Å². The van der Waals surface area contributed by atoms with Crippen LogP contribution in [0.1, 0.15) is 29.2 Å². The maximum Gasteiger partial charge on any atom is 0.508 e. The third-order valence-electron chi connectivity index (χ3n) is 3.72. The van der Waals surface area contributed by atoms with E-state index in [4.69, 9.17) is 9.47 Å². The second kappa shape index (κ2) is 10.0. The third-order valence-corrected chi connectivity index (χ3v) is 3.72. The molecule has 0 aliphatic carbocycles. The number of carbonyl (C=O) groups is 1. The number of benzene rings is 2. The highest BCUT2D eigenvalue weighted by Gasteiger charge is 2.07. The van der Waals surface area contributed by atoms with Gasteiger partial charge in [0, 0.05) is 0 Å². The largest absolute Gasteiger partial charge is 0.508 e. The van der Waals surface area contributed by atoms with E-state index < -0.39 is 6.16 Å². The second-order valence-corrected chi connectivity index (χ2v) is 5.91. The van der Waals surface area contributed by atoms with Gasteiger partial charge in [-0.2, -0.15) is 9.81 Å². The Labute approximate surface area is 151 Å². The molecule has 2 aromatic rings. The van der Waals surface area contributed by atoms with Crippen LogP contribution in [0.25, 0.3) is 0 Å². The van der Waals surface area contributed by atoms with Crippen molar-refractivity contribution in [1.82, 2.24) is 0 Å². The summed E-state index contributed by atoms with van der Waals surface area (Å²) in [5.74, 6) is 0. The van der Waals surface area contributed by atoms with Gasteiger partial charge in [0.15, 0.2) is 0 Å². The van der Waals surface area contributed by atoms with Gasteiger partial charge in [-0.1, -0.05) is 58.9 Å². The fraction of sp³-hybridized carbons (Fsp3) is 0.316. The van der Waals surface area contributed by atoms with E-state index in [0.29, 0.717) is 6.42 Å². The molecule has 2 aromatic carbocycles. The van der Waals surface area contributed by atoms with Crippen LogP contribution >= 0.6 is 0 Å². The first kappa shape index (κ1) is 19.2. The smallest absolute Gasteiger partial charge is 0.429 e. The van der Waals surface area contributed by atoms with Crippen molar-refractivity contribution in [2.24, 2.45) is 10.4 Å². The molecular weight excluding hydrogens is 336 g/mol. The number of rotatable bonds is 9. The van der Waals surface area contributed by atoms with Crippen LogP contribution in [-0.2, 0) is 35.7 Å². The van der Waals surface area contributed by atoms with E-state index in [1.807, 2.05) is 24.3 Å². The van der Waals surface area contributed by atoms with E-state index in [9.17, 15) is 14.6 Å². The zero-order valence-corrected chi connectivity index (χ0v) is 14.5. The van der Waals surface area contributed by atoms with Crippen molar-refractivity contribution in [1.29, 1.82) is 0 Å². The maximum absolute atomic E-state index is 11.7. The van der Waals surface area contributed by atoms with Crippen molar-refractivity contribution in [3.05, 3.63) is 80.6 Å². The van der Waals surface area contributed by atoms with Gasteiger partial charge >= 0.3 is 6.16 Å². The van der Waals surface area contributed by atoms with Gasteiger partial charge in [0.05, 0.1) is 6.04 Å². The first-order chi connectivity index (χ1) is 12.6. The molecule has 0 aliphatic heterocycles. The Hall–Kier alpha value is -3.09. The Morgan fingerprint density at radius 2 is 1.31 bits per heavy atom. The molecule has 0 radical (unpaired) electrons. The quantitative estimate of drug-likeness (QED) is 0.487. The van der Waals surface area contributed by atoms with Gasteiger partial charge in [0.1, 0.15) is 19.8 Å². The van der Waals surface area contributed by atoms with Gasteiger partial charge in [-0.15, -0.1) is 0 Å². The van der Waals surface area contributed by atoms with Crippen LogP contribution in [0.2, 0.25) is 0 Å². The fourth-order valence-corrected chi connectivity index (χ4v) is 2.29. The molecule has 0 N–H and O–H groups in total. The Balaban J connectivity index is 1.74. The number of nitroso groups, excluding NO2 is 2. The minimum atomic E-state index is -0.758. The molecule has 0 aliphatic rings. The molecule has 2 rings (SSSR count). The van der Waals surface area contributed by atoms with Crippen molar-refractivity contribution in [3.8, 4) is 0 Å². The highest BCUT2D eigenvalue weighted by Crippen LogP contribution is 2.11. The Kier molecular flexibility index (Phi) is 7.42. The van der Waals surface area contributed by atoms with E-state index in [1.165, 1.54) is 0 Å². The molecule has 0 aromatic heterocycles. The zero-order chi connectivity index (χ0) is 18.8. The van der Waals surface area contributed by atoms with Gasteiger partial charge in [-0.05, 0) is 35.6 Å². The van der Waals surface area contributed by atoms with Crippen LogP contribution < -0.4 is 0 Å². The van der Waals surface area contributed by atoms with Crippen LogP contribution in [0.5, 0.6) is 0 Å². The van der Waals surface area contributed by atoms with Gasteiger partial charge in [-0.3, -0.25) is 0 Å². The summed E-state index contributed by atoms with van der Waals surface area (Å²) in [6, 6.07) is 14.2. The van der Waals surface area contributed by atoms with E-state index in [1.54, 1.807) is 31.2 Å². The summed E-state index contributed by atoms with van der Waals surface area (Å²) in [7, 11) is 0. The van der Waals surface area contributed by atoms with Gasteiger partial charge in [0.2, 0.25) is 0 Å². The molecule has 1 unspecified atom stereocenters. The molecule has 0 saturated carbocycles.